The summed E-state index contributed by atoms with van der Waals surface area (Å²) in [5, 5.41) is 6.15. The maximum absolute atomic E-state index is 14.1. The van der Waals surface area contributed by atoms with E-state index in [1.165, 1.54) is 16.3 Å². The first-order valence-electron chi connectivity index (χ1n) is 15.3. The Morgan fingerprint density at radius 3 is 2.29 bits per heavy atom. The van der Waals surface area contributed by atoms with Gasteiger partial charge >= 0.3 is 0 Å². The molecular weight excluding hydrogens is 510 g/mol. The standard InChI is InChI=1S/C33H47N7O/c34-16-23-37(24-17-35)25-19-36-18-7-20-39-27-40(30-11-2-1-3-12-30)33(32(39)41)14-21-38(22-15-33)26-29-10-6-9-28-8-4-5-13-31(28)29/h1-6,8-13,36H,7,14-27,34-35H2. The maximum Gasteiger partial charge on any atom is 0.250 e. The highest BCUT2D eigenvalue weighted by molar-refractivity contribution is 5.93. The van der Waals surface area contributed by atoms with Crippen LogP contribution in [0.1, 0.15) is 24.8 Å². The number of likely N-dealkylation sites (tertiary alicyclic amines) is 1. The van der Waals surface area contributed by atoms with Gasteiger partial charge in [0, 0.05) is 71.1 Å². The van der Waals surface area contributed by atoms with Gasteiger partial charge in [-0.2, -0.15) is 0 Å². The minimum absolute atomic E-state index is 0.295. The molecule has 8 nitrogen and oxygen atoms in total. The third-order valence-corrected chi connectivity index (χ3v) is 8.82. The van der Waals surface area contributed by atoms with E-state index >= 15 is 0 Å². The van der Waals surface area contributed by atoms with Gasteiger partial charge in [0.2, 0.25) is 5.91 Å². The summed E-state index contributed by atoms with van der Waals surface area (Å²) in [4.78, 5) is 23.4. The van der Waals surface area contributed by atoms with E-state index in [0.717, 1.165) is 83.9 Å². The molecule has 5 N–H and O–H groups in total. The molecule has 0 aliphatic carbocycles. The summed E-state index contributed by atoms with van der Waals surface area (Å²) in [5.41, 5.74) is 13.5. The van der Waals surface area contributed by atoms with Gasteiger partial charge in [0.15, 0.2) is 0 Å². The second kappa shape index (κ2) is 14.2. The zero-order valence-corrected chi connectivity index (χ0v) is 24.4. The van der Waals surface area contributed by atoms with Crippen LogP contribution in [0.25, 0.3) is 10.8 Å². The zero-order valence-electron chi connectivity index (χ0n) is 24.4. The van der Waals surface area contributed by atoms with Crippen molar-refractivity contribution in [3.63, 3.8) is 0 Å². The molecule has 3 aromatic rings. The number of carbonyl (C=O) groups excluding carboxylic acids is 1. The molecule has 0 unspecified atom stereocenters. The second-order valence-electron chi connectivity index (χ2n) is 11.4. The van der Waals surface area contributed by atoms with Gasteiger partial charge in [-0.15, -0.1) is 0 Å². The Hall–Kier alpha value is -3.01. The van der Waals surface area contributed by atoms with E-state index in [0.29, 0.717) is 25.7 Å². The van der Waals surface area contributed by atoms with E-state index in [2.05, 4.69) is 91.6 Å². The molecule has 0 atom stereocenters. The maximum atomic E-state index is 14.1. The monoisotopic (exact) mass is 557 g/mol. The van der Waals surface area contributed by atoms with Gasteiger partial charge in [-0.25, -0.2) is 0 Å². The van der Waals surface area contributed by atoms with Crippen molar-refractivity contribution in [1.82, 2.24) is 20.0 Å². The van der Waals surface area contributed by atoms with Crippen molar-refractivity contribution < 1.29 is 4.79 Å². The predicted molar refractivity (Wildman–Crippen MR) is 169 cm³/mol. The summed E-state index contributed by atoms with van der Waals surface area (Å²) in [6.07, 6.45) is 2.63. The number of carbonyl (C=O) groups is 1. The van der Waals surface area contributed by atoms with E-state index in [-0.39, 0.29) is 0 Å². The van der Waals surface area contributed by atoms with Crippen LogP contribution in [0.15, 0.2) is 72.8 Å². The molecule has 3 aromatic carbocycles. The van der Waals surface area contributed by atoms with Crippen LogP contribution < -0.4 is 21.7 Å². The lowest BCUT2D eigenvalue weighted by Gasteiger charge is -2.43. The number of rotatable bonds is 14. The molecule has 2 saturated heterocycles. The highest BCUT2D eigenvalue weighted by Crippen LogP contribution is 2.40. The molecule has 41 heavy (non-hydrogen) atoms. The largest absolute Gasteiger partial charge is 0.339 e. The summed E-state index contributed by atoms with van der Waals surface area (Å²) >= 11 is 0. The lowest BCUT2D eigenvalue weighted by molar-refractivity contribution is -0.133. The molecule has 1 spiro atoms. The third kappa shape index (κ3) is 6.90. The Balaban J connectivity index is 1.19. The first-order chi connectivity index (χ1) is 20.1. The molecule has 2 aliphatic heterocycles. The molecular formula is C33H47N7O. The summed E-state index contributed by atoms with van der Waals surface area (Å²) in [6.45, 7) is 9.95. The molecule has 220 valence electrons. The van der Waals surface area contributed by atoms with E-state index in [1.54, 1.807) is 0 Å². The van der Waals surface area contributed by atoms with Crippen LogP contribution >= 0.6 is 0 Å². The fraction of sp³-hybridized carbons (Fsp3) is 0.485. The Morgan fingerprint density at radius 2 is 1.54 bits per heavy atom. The molecule has 0 saturated carbocycles. The van der Waals surface area contributed by atoms with Crippen LogP contribution in [0, 0.1) is 0 Å². The number of nitrogens with zero attached hydrogens (tertiary/aromatic N) is 4. The van der Waals surface area contributed by atoms with E-state index in [4.69, 9.17) is 11.5 Å². The van der Waals surface area contributed by atoms with Crippen LogP contribution in [0.4, 0.5) is 5.69 Å². The predicted octanol–water partition coefficient (Wildman–Crippen LogP) is 2.68. The number of fused-ring (bicyclic) bond motifs is 1. The van der Waals surface area contributed by atoms with Gasteiger partial charge in [0.25, 0.3) is 0 Å². The Morgan fingerprint density at radius 1 is 0.829 bits per heavy atom. The Bertz CT molecular complexity index is 1230. The normalized spacial score (nSPS) is 17.4. The SMILES string of the molecule is NCCN(CCN)CCNCCCN1CN(c2ccccc2)C2(CCN(Cc3cccc4ccccc34)CC2)C1=O. The number of nitrogens with two attached hydrogens (primary N) is 2. The fourth-order valence-electron chi connectivity index (χ4n) is 6.58. The van der Waals surface area contributed by atoms with E-state index < -0.39 is 5.54 Å². The molecule has 2 aliphatic rings. The second-order valence-corrected chi connectivity index (χ2v) is 11.4. The molecule has 0 bridgehead atoms. The third-order valence-electron chi connectivity index (χ3n) is 8.82. The first kappa shape index (κ1) is 29.5. The molecule has 1 amide bonds. The average Bonchev–Trinajstić information content (AvgIpc) is 3.27. The number of piperidine rings is 1. The van der Waals surface area contributed by atoms with Crippen LogP contribution in [0.5, 0.6) is 0 Å². The lowest BCUT2D eigenvalue weighted by atomic mass is 9.85. The lowest BCUT2D eigenvalue weighted by Crippen LogP contribution is -2.56. The average molecular weight is 558 g/mol. The van der Waals surface area contributed by atoms with Crippen molar-refractivity contribution in [3.05, 3.63) is 78.4 Å². The number of benzene rings is 3. The number of hydrogen-bond acceptors (Lipinski definition) is 7. The van der Waals surface area contributed by atoms with E-state index in [9.17, 15) is 4.79 Å². The highest BCUT2D eigenvalue weighted by Gasteiger charge is 2.53. The topological polar surface area (TPSA) is 94.1 Å². The summed E-state index contributed by atoms with van der Waals surface area (Å²) in [6, 6.07) is 25.7. The Kier molecular flexibility index (Phi) is 10.2. The van der Waals surface area contributed by atoms with Crippen molar-refractivity contribution in [1.29, 1.82) is 0 Å². The minimum Gasteiger partial charge on any atom is -0.339 e. The van der Waals surface area contributed by atoms with Gasteiger partial charge in [0.05, 0.1) is 6.67 Å². The molecule has 2 fully saturated rings. The van der Waals surface area contributed by atoms with Gasteiger partial charge < -0.3 is 26.6 Å². The summed E-state index contributed by atoms with van der Waals surface area (Å²) in [5.74, 6) is 0.295. The highest BCUT2D eigenvalue weighted by atomic mass is 16.2. The minimum atomic E-state index is -0.463. The molecule has 8 heteroatoms. The van der Waals surface area contributed by atoms with Gasteiger partial charge in [-0.1, -0.05) is 60.7 Å². The molecule has 0 aromatic heterocycles. The molecule has 2 heterocycles. The smallest absolute Gasteiger partial charge is 0.250 e. The summed E-state index contributed by atoms with van der Waals surface area (Å²) in [7, 11) is 0. The first-order valence-corrected chi connectivity index (χ1v) is 15.3. The van der Waals surface area contributed by atoms with Gasteiger partial charge in [-0.3, -0.25) is 14.6 Å². The Labute approximate surface area is 245 Å². The van der Waals surface area contributed by atoms with Crippen molar-refractivity contribution in [3.8, 4) is 0 Å². The number of hydrogen-bond donors (Lipinski definition) is 3. The fourth-order valence-corrected chi connectivity index (χ4v) is 6.58. The van der Waals surface area contributed by atoms with Crippen molar-refractivity contribution in [2.75, 3.05) is 77.0 Å². The van der Waals surface area contributed by atoms with Crippen molar-refractivity contribution >= 4 is 22.4 Å². The number of amides is 1. The van der Waals surface area contributed by atoms with Gasteiger partial charge in [0.1, 0.15) is 5.54 Å². The number of anilines is 1. The van der Waals surface area contributed by atoms with Crippen LogP contribution in [-0.4, -0.2) is 98.3 Å². The zero-order chi connectivity index (χ0) is 28.5. The van der Waals surface area contributed by atoms with E-state index in [1.807, 2.05) is 6.07 Å². The van der Waals surface area contributed by atoms with Crippen molar-refractivity contribution in [2.24, 2.45) is 11.5 Å². The van der Waals surface area contributed by atoms with Crippen molar-refractivity contribution in [2.45, 2.75) is 31.3 Å². The number of para-hydroxylation sites is 1. The quantitative estimate of drug-likeness (QED) is 0.263. The number of nitrogens with one attached hydrogen (secondary N) is 1. The molecule has 0 radical (unpaired) electrons. The van der Waals surface area contributed by atoms with Crippen LogP contribution in [0.2, 0.25) is 0 Å². The summed E-state index contributed by atoms with van der Waals surface area (Å²) < 4.78 is 0. The van der Waals surface area contributed by atoms with Gasteiger partial charge in [-0.05, 0) is 54.3 Å². The van der Waals surface area contributed by atoms with Crippen LogP contribution in [-0.2, 0) is 11.3 Å². The molecule has 5 rings (SSSR count). The van der Waals surface area contributed by atoms with Crippen LogP contribution in [0.3, 0.4) is 0 Å².